The Morgan fingerprint density at radius 2 is 2.03 bits per heavy atom. The minimum atomic E-state index is -0.122. The molecule has 2 heterocycles. The molecule has 0 radical (unpaired) electrons. The molecule has 0 saturated carbocycles. The number of hydrogen-bond acceptors (Lipinski definition) is 5. The first-order valence-corrected chi connectivity index (χ1v) is 11.5. The molecule has 1 amide bonds. The number of benzene rings is 1. The van der Waals surface area contributed by atoms with E-state index in [1.807, 2.05) is 37.3 Å². The van der Waals surface area contributed by atoms with Crippen LogP contribution in [-0.4, -0.2) is 21.2 Å². The van der Waals surface area contributed by atoms with Crippen LogP contribution in [0.25, 0.3) is 10.2 Å². The van der Waals surface area contributed by atoms with Crippen LogP contribution in [0.3, 0.4) is 0 Å². The highest BCUT2D eigenvalue weighted by atomic mass is 32.2. The standard InChI is InChI=1S/C22H23N3O2S2/c1-14(2)12-25-21(27)19-16-10-6-7-11-17(16)29-20(19)24-22(25)28-13-18(26)23-15-8-4-3-5-9-15/h3-5,8-9H,1,6-7,10-13H2,2H3,(H,23,26). The number of nitrogens with zero attached hydrogens (tertiary/aromatic N) is 2. The summed E-state index contributed by atoms with van der Waals surface area (Å²) in [4.78, 5) is 32.6. The first-order chi connectivity index (χ1) is 14.0. The van der Waals surface area contributed by atoms with E-state index in [4.69, 9.17) is 4.98 Å². The molecule has 0 saturated heterocycles. The van der Waals surface area contributed by atoms with Gasteiger partial charge in [-0.25, -0.2) is 4.98 Å². The third-order valence-corrected chi connectivity index (χ3v) is 7.02. The van der Waals surface area contributed by atoms with Crippen molar-refractivity contribution in [1.29, 1.82) is 0 Å². The summed E-state index contributed by atoms with van der Waals surface area (Å²) in [6.07, 6.45) is 4.26. The van der Waals surface area contributed by atoms with Crippen molar-refractivity contribution in [1.82, 2.24) is 9.55 Å². The van der Waals surface area contributed by atoms with E-state index in [-0.39, 0.29) is 17.2 Å². The highest BCUT2D eigenvalue weighted by Crippen LogP contribution is 2.34. The second-order valence-corrected chi connectivity index (χ2v) is 9.36. The number of rotatable bonds is 6. The monoisotopic (exact) mass is 425 g/mol. The molecule has 1 aliphatic carbocycles. The van der Waals surface area contributed by atoms with Crippen LogP contribution >= 0.6 is 23.1 Å². The molecule has 0 unspecified atom stereocenters. The number of amides is 1. The van der Waals surface area contributed by atoms with Crippen LogP contribution in [0.5, 0.6) is 0 Å². The lowest BCUT2D eigenvalue weighted by Crippen LogP contribution is -2.25. The maximum Gasteiger partial charge on any atom is 0.263 e. The second-order valence-electron chi connectivity index (χ2n) is 7.34. The Kier molecular flexibility index (Phi) is 5.87. The molecule has 1 aliphatic rings. The van der Waals surface area contributed by atoms with E-state index in [0.717, 1.165) is 40.7 Å². The molecule has 150 valence electrons. The van der Waals surface area contributed by atoms with Gasteiger partial charge in [-0.05, 0) is 50.3 Å². The Labute approximate surface area is 177 Å². The SMILES string of the molecule is C=C(C)Cn1c(SCC(=O)Nc2ccccc2)nc2sc3c(c2c1=O)CCCC3. The van der Waals surface area contributed by atoms with Gasteiger partial charge in [-0.1, -0.05) is 42.1 Å². The number of aryl methyl sites for hydroxylation is 2. The fourth-order valence-corrected chi connectivity index (χ4v) is 5.69. The van der Waals surface area contributed by atoms with E-state index in [2.05, 4.69) is 11.9 Å². The minimum absolute atomic E-state index is 0.0108. The van der Waals surface area contributed by atoms with Crippen LogP contribution in [0.2, 0.25) is 0 Å². The molecule has 0 fully saturated rings. The quantitative estimate of drug-likeness (QED) is 0.355. The summed E-state index contributed by atoms with van der Waals surface area (Å²) in [5, 5.41) is 4.22. The second kappa shape index (κ2) is 8.55. The normalized spacial score (nSPS) is 13.3. The van der Waals surface area contributed by atoms with E-state index in [9.17, 15) is 9.59 Å². The molecule has 3 aromatic rings. The first-order valence-electron chi connectivity index (χ1n) is 9.70. The lowest BCUT2D eigenvalue weighted by Gasteiger charge is -2.13. The van der Waals surface area contributed by atoms with E-state index < -0.39 is 0 Å². The number of para-hydroxylation sites is 1. The maximum absolute atomic E-state index is 13.3. The fraction of sp³-hybridized carbons (Fsp3) is 0.318. The molecule has 0 spiro atoms. The van der Waals surface area contributed by atoms with Crippen LogP contribution in [0, 0.1) is 0 Å². The number of carbonyl (C=O) groups excluding carboxylic acids is 1. The van der Waals surface area contributed by atoms with Crippen molar-refractivity contribution in [3.8, 4) is 0 Å². The van der Waals surface area contributed by atoms with Gasteiger partial charge in [0.25, 0.3) is 5.56 Å². The van der Waals surface area contributed by atoms with Gasteiger partial charge < -0.3 is 5.32 Å². The first kappa shape index (κ1) is 19.9. The summed E-state index contributed by atoms with van der Waals surface area (Å²) in [6, 6.07) is 9.35. The van der Waals surface area contributed by atoms with E-state index >= 15 is 0 Å². The molecular weight excluding hydrogens is 402 g/mol. The number of carbonyl (C=O) groups is 1. The predicted molar refractivity (Wildman–Crippen MR) is 121 cm³/mol. The van der Waals surface area contributed by atoms with Gasteiger partial charge in [0.1, 0.15) is 4.83 Å². The average Bonchev–Trinajstić information content (AvgIpc) is 3.08. The zero-order chi connectivity index (χ0) is 20.4. The zero-order valence-electron chi connectivity index (χ0n) is 16.4. The Morgan fingerprint density at radius 1 is 1.28 bits per heavy atom. The van der Waals surface area contributed by atoms with Crippen molar-refractivity contribution in [2.45, 2.75) is 44.3 Å². The Hall–Kier alpha value is -2.38. The van der Waals surface area contributed by atoms with Crippen LogP contribution < -0.4 is 10.9 Å². The minimum Gasteiger partial charge on any atom is -0.325 e. The van der Waals surface area contributed by atoms with Gasteiger partial charge in [-0.2, -0.15) is 0 Å². The number of nitrogens with one attached hydrogen (secondary N) is 1. The molecule has 29 heavy (non-hydrogen) atoms. The van der Waals surface area contributed by atoms with Crippen molar-refractivity contribution in [3.05, 3.63) is 63.3 Å². The highest BCUT2D eigenvalue weighted by molar-refractivity contribution is 7.99. The van der Waals surface area contributed by atoms with Crippen molar-refractivity contribution in [3.63, 3.8) is 0 Å². The molecule has 4 rings (SSSR count). The topological polar surface area (TPSA) is 64.0 Å². The lowest BCUT2D eigenvalue weighted by atomic mass is 9.97. The molecule has 7 heteroatoms. The van der Waals surface area contributed by atoms with Gasteiger partial charge in [-0.3, -0.25) is 14.2 Å². The van der Waals surface area contributed by atoms with Crippen molar-refractivity contribution >= 4 is 44.9 Å². The fourth-order valence-electron chi connectivity index (χ4n) is 3.59. The third-order valence-electron chi connectivity index (χ3n) is 4.86. The van der Waals surface area contributed by atoms with Crippen molar-refractivity contribution in [2.24, 2.45) is 0 Å². The van der Waals surface area contributed by atoms with Crippen LogP contribution in [-0.2, 0) is 24.2 Å². The maximum atomic E-state index is 13.3. The van der Waals surface area contributed by atoms with Crippen molar-refractivity contribution < 1.29 is 4.79 Å². The number of thiophene rings is 1. The third kappa shape index (κ3) is 4.31. The number of allylic oxidation sites excluding steroid dienone is 1. The Bertz CT molecular complexity index is 1130. The van der Waals surface area contributed by atoms with E-state index in [1.54, 1.807) is 15.9 Å². The summed E-state index contributed by atoms with van der Waals surface area (Å²) in [6.45, 7) is 6.28. The number of thioether (sulfide) groups is 1. The lowest BCUT2D eigenvalue weighted by molar-refractivity contribution is -0.113. The summed E-state index contributed by atoms with van der Waals surface area (Å²) in [5.41, 5.74) is 2.81. The molecule has 0 aliphatic heterocycles. The summed E-state index contributed by atoms with van der Waals surface area (Å²) in [5.74, 6) is 0.0663. The van der Waals surface area contributed by atoms with Crippen LogP contribution in [0.15, 0.2) is 52.4 Å². The molecule has 0 bridgehead atoms. The van der Waals surface area contributed by atoms with Gasteiger partial charge >= 0.3 is 0 Å². The van der Waals surface area contributed by atoms with Gasteiger partial charge in [0.15, 0.2) is 5.16 Å². The van der Waals surface area contributed by atoms with E-state index in [1.165, 1.54) is 28.6 Å². The Balaban J connectivity index is 1.64. The van der Waals surface area contributed by atoms with Crippen molar-refractivity contribution in [2.75, 3.05) is 11.1 Å². The Morgan fingerprint density at radius 3 is 2.79 bits per heavy atom. The molecule has 1 aromatic carbocycles. The smallest absolute Gasteiger partial charge is 0.263 e. The summed E-state index contributed by atoms with van der Waals surface area (Å²) >= 11 is 2.93. The predicted octanol–water partition coefficient (Wildman–Crippen LogP) is 4.64. The largest absolute Gasteiger partial charge is 0.325 e. The molecule has 1 N–H and O–H groups in total. The highest BCUT2D eigenvalue weighted by Gasteiger charge is 2.22. The molecule has 5 nitrogen and oxygen atoms in total. The number of anilines is 1. The number of hydrogen-bond donors (Lipinski definition) is 1. The number of fused-ring (bicyclic) bond motifs is 3. The molecular formula is C22H23N3O2S2. The van der Waals surface area contributed by atoms with Gasteiger partial charge in [0.05, 0.1) is 11.1 Å². The zero-order valence-corrected chi connectivity index (χ0v) is 18.0. The summed E-state index contributed by atoms with van der Waals surface area (Å²) < 4.78 is 1.67. The molecule has 2 aromatic heterocycles. The van der Waals surface area contributed by atoms with E-state index in [0.29, 0.717) is 11.7 Å². The van der Waals surface area contributed by atoms with Crippen LogP contribution in [0.4, 0.5) is 5.69 Å². The molecule has 0 atom stereocenters. The van der Waals surface area contributed by atoms with Gasteiger partial charge in [0.2, 0.25) is 5.91 Å². The van der Waals surface area contributed by atoms with Crippen LogP contribution in [0.1, 0.15) is 30.2 Å². The number of aromatic nitrogens is 2. The van der Waals surface area contributed by atoms with Gasteiger partial charge in [-0.15, -0.1) is 11.3 Å². The van der Waals surface area contributed by atoms with Gasteiger partial charge in [0, 0.05) is 17.1 Å². The average molecular weight is 426 g/mol. The summed E-state index contributed by atoms with van der Waals surface area (Å²) in [7, 11) is 0.